The lowest BCUT2D eigenvalue weighted by atomic mass is 10.1. The van der Waals surface area contributed by atoms with E-state index in [2.05, 4.69) is 5.32 Å². The predicted molar refractivity (Wildman–Crippen MR) is 135 cm³/mol. The number of rotatable bonds is 8. The van der Waals surface area contributed by atoms with Crippen LogP contribution in [0.15, 0.2) is 72.3 Å². The molecule has 1 aliphatic rings. The molecule has 184 valence electrons. The van der Waals surface area contributed by atoms with Gasteiger partial charge in [-0.3, -0.25) is 14.9 Å². The van der Waals surface area contributed by atoms with Crippen LogP contribution in [-0.4, -0.2) is 31.6 Å². The smallest absolute Gasteiger partial charge is 0.335 e. The number of anilines is 1. The van der Waals surface area contributed by atoms with Crippen LogP contribution >= 0.6 is 0 Å². The fourth-order valence-electron chi connectivity index (χ4n) is 3.64. The molecule has 8 nitrogen and oxygen atoms in total. The summed E-state index contributed by atoms with van der Waals surface area (Å²) in [6.45, 7) is 4.64. The van der Waals surface area contributed by atoms with E-state index in [1.165, 1.54) is 18.7 Å². The lowest BCUT2D eigenvalue weighted by molar-refractivity contribution is -0.122. The molecule has 8 heteroatoms. The van der Waals surface area contributed by atoms with Crippen LogP contribution < -0.4 is 24.4 Å². The third kappa shape index (κ3) is 5.38. The van der Waals surface area contributed by atoms with Crippen molar-refractivity contribution in [1.82, 2.24) is 5.32 Å². The molecule has 3 aromatic rings. The lowest BCUT2D eigenvalue weighted by Gasteiger charge is -2.26. The second-order valence-corrected chi connectivity index (χ2v) is 8.07. The number of benzene rings is 3. The van der Waals surface area contributed by atoms with E-state index in [0.717, 1.165) is 10.5 Å². The van der Waals surface area contributed by atoms with E-state index in [-0.39, 0.29) is 5.57 Å². The van der Waals surface area contributed by atoms with Crippen molar-refractivity contribution in [3.05, 3.63) is 89.0 Å². The molecule has 1 heterocycles. The van der Waals surface area contributed by atoms with E-state index in [0.29, 0.717) is 41.7 Å². The molecular weight excluding hydrogens is 460 g/mol. The first-order valence-corrected chi connectivity index (χ1v) is 11.4. The Morgan fingerprint density at radius 1 is 0.889 bits per heavy atom. The van der Waals surface area contributed by atoms with E-state index < -0.39 is 17.8 Å². The van der Waals surface area contributed by atoms with Crippen molar-refractivity contribution in [2.24, 2.45) is 0 Å². The van der Waals surface area contributed by atoms with Gasteiger partial charge in [0.15, 0.2) is 11.5 Å². The van der Waals surface area contributed by atoms with Gasteiger partial charge in [0.2, 0.25) is 0 Å². The van der Waals surface area contributed by atoms with Crippen molar-refractivity contribution >= 4 is 29.6 Å². The Hall–Kier alpha value is -4.59. The van der Waals surface area contributed by atoms with Gasteiger partial charge < -0.3 is 14.2 Å². The highest BCUT2D eigenvalue weighted by Crippen LogP contribution is 2.31. The van der Waals surface area contributed by atoms with Crippen LogP contribution in [0.3, 0.4) is 0 Å². The van der Waals surface area contributed by atoms with E-state index in [4.69, 9.17) is 14.2 Å². The molecule has 0 spiro atoms. The van der Waals surface area contributed by atoms with Gasteiger partial charge in [-0.05, 0) is 67.4 Å². The largest absolute Gasteiger partial charge is 0.497 e. The van der Waals surface area contributed by atoms with Gasteiger partial charge in [0, 0.05) is 0 Å². The quantitative estimate of drug-likeness (QED) is 0.368. The number of imide groups is 2. The Balaban J connectivity index is 1.59. The van der Waals surface area contributed by atoms with Gasteiger partial charge in [0.05, 0.1) is 19.4 Å². The maximum atomic E-state index is 13.2. The highest BCUT2D eigenvalue weighted by atomic mass is 16.5. The van der Waals surface area contributed by atoms with Crippen molar-refractivity contribution < 1.29 is 28.6 Å². The summed E-state index contributed by atoms with van der Waals surface area (Å²) in [5, 5.41) is 2.22. The minimum Gasteiger partial charge on any atom is -0.497 e. The topological polar surface area (TPSA) is 94.2 Å². The molecule has 1 N–H and O–H groups in total. The molecule has 0 radical (unpaired) electrons. The van der Waals surface area contributed by atoms with Gasteiger partial charge in [0.1, 0.15) is 17.9 Å². The monoisotopic (exact) mass is 486 g/mol. The molecular formula is C28H26N2O6. The van der Waals surface area contributed by atoms with Crippen molar-refractivity contribution in [1.29, 1.82) is 0 Å². The zero-order chi connectivity index (χ0) is 25.7. The summed E-state index contributed by atoms with van der Waals surface area (Å²) in [6, 6.07) is 18.7. The molecule has 36 heavy (non-hydrogen) atoms. The Bertz CT molecular complexity index is 1310. The molecule has 0 aromatic heterocycles. The third-order valence-electron chi connectivity index (χ3n) is 5.53. The second kappa shape index (κ2) is 10.8. The SMILES string of the molecule is CCOc1cc(/C=C2\C(=O)NC(=O)N(c3ccc(OC)cc3)C2=O)ccc1OCc1ccc(C)cc1. The molecule has 3 aromatic carbocycles. The van der Waals surface area contributed by atoms with E-state index in [1.807, 2.05) is 38.1 Å². The number of amides is 4. The summed E-state index contributed by atoms with van der Waals surface area (Å²) in [7, 11) is 1.52. The number of hydrogen-bond acceptors (Lipinski definition) is 6. The summed E-state index contributed by atoms with van der Waals surface area (Å²) >= 11 is 0. The van der Waals surface area contributed by atoms with Gasteiger partial charge >= 0.3 is 6.03 Å². The van der Waals surface area contributed by atoms with Crippen molar-refractivity contribution in [3.63, 3.8) is 0 Å². The molecule has 4 amide bonds. The highest BCUT2D eigenvalue weighted by Gasteiger charge is 2.36. The van der Waals surface area contributed by atoms with Crippen molar-refractivity contribution in [2.75, 3.05) is 18.6 Å². The highest BCUT2D eigenvalue weighted by molar-refractivity contribution is 6.39. The Morgan fingerprint density at radius 3 is 2.28 bits per heavy atom. The van der Waals surface area contributed by atoms with Crippen LogP contribution in [0.5, 0.6) is 17.2 Å². The van der Waals surface area contributed by atoms with Crippen LogP contribution in [0.25, 0.3) is 6.08 Å². The van der Waals surface area contributed by atoms with Gasteiger partial charge in [-0.15, -0.1) is 0 Å². The number of carbonyl (C=O) groups is 3. The molecule has 4 rings (SSSR count). The Kier molecular flexibility index (Phi) is 7.34. The molecule has 1 fully saturated rings. The normalized spacial score (nSPS) is 14.6. The number of ether oxygens (including phenoxy) is 3. The van der Waals surface area contributed by atoms with E-state index in [9.17, 15) is 14.4 Å². The van der Waals surface area contributed by atoms with Crippen LogP contribution in [-0.2, 0) is 16.2 Å². The number of barbiturate groups is 1. The van der Waals surface area contributed by atoms with Gasteiger partial charge in [-0.25, -0.2) is 9.69 Å². The minimum absolute atomic E-state index is 0.179. The second-order valence-electron chi connectivity index (χ2n) is 8.07. The number of aryl methyl sites for hydroxylation is 1. The Morgan fingerprint density at radius 2 is 1.61 bits per heavy atom. The van der Waals surface area contributed by atoms with Crippen LogP contribution in [0.2, 0.25) is 0 Å². The van der Waals surface area contributed by atoms with Crippen LogP contribution in [0, 0.1) is 6.92 Å². The predicted octanol–water partition coefficient (Wildman–Crippen LogP) is 4.65. The number of nitrogens with zero attached hydrogens (tertiary/aromatic N) is 1. The minimum atomic E-state index is -0.817. The molecule has 1 saturated heterocycles. The molecule has 0 unspecified atom stereocenters. The average molecular weight is 487 g/mol. The summed E-state index contributed by atoms with van der Waals surface area (Å²) in [6.07, 6.45) is 1.42. The van der Waals surface area contributed by atoms with Gasteiger partial charge in [-0.1, -0.05) is 35.9 Å². The average Bonchev–Trinajstić information content (AvgIpc) is 2.87. The molecule has 0 saturated carbocycles. The summed E-state index contributed by atoms with van der Waals surface area (Å²) in [4.78, 5) is 39.0. The molecule has 1 aliphatic heterocycles. The standard InChI is InChI=1S/C28H26N2O6/c1-4-35-25-16-20(9-14-24(25)36-17-19-7-5-18(2)6-8-19)15-23-26(31)29-28(33)30(27(23)32)21-10-12-22(34-3)13-11-21/h5-16H,4,17H2,1-3H3,(H,29,31,33)/b23-15+. The number of urea groups is 1. The maximum Gasteiger partial charge on any atom is 0.335 e. The zero-order valence-electron chi connectivity index (χ0n) is 20.2. The van der Waals surface area contributed by atoms with Gasteiger partial charge in [-0.2, -0.15) is 0 Å². The van der Waals surface area contributed by atoms with E-state index in [1.54, 1.807) is 42.5 Å². The number of methoxy groups -OCH3 is 1. The fraction of sp³-hybridized carbons (Fsp3) is 0.179. The summed E-state index contributed by atoms with van der Waals surface area (Å²) in [5.41, 5.74) is 2.86. The zero-order valence-corrected chi connectivity index (χ0v) is 20.2. The lowest BCUT2D eigenvalue weighted by Crippen LogP contribution is -2.54. The third-order valence-corrected chi connectivity index (χ3v) is 5.53. The Labute approximate surface area is 209 Å². The molecule has 0 bridgehead atoms. The number of carbonyl (C=O) groups excluding carboxylic acids is 3. The number of nitrogens with one attached hydrogen (secondary N) is 1. The van der Waals surface area contributed by atoms with Crippen LogP contribution in [0.1, 0.15) is 23.6 Å². The summed E-state index contributed by atoms with van der Waals surface area (Å²) in [5.74, 6) is 0.0855. The first kappa shape index (κ1) is 24.5. The van der Waals surface area contributed by atoms with Crippen LogP contribution in [0.4, 0.5) is 10.5 Å². The summed E-state index contributed by atoms with van der Waals surface area (Å²) < 4.78 is 16.8. The molecule has 0 atom stereocenters. The number of hydrogen-bond donors (Lipinski definition) is 1. The van der Waals surface area contributed by atoms with E-state index >= 15 is 0 Å². The van der Waals surface area contributed by atoms with Crippen molar-refractivity contribution in [3.8, 4) is 17.2 Å². The van der Waals surface area contributed by atoms with Crippen molar-refractivity contribution in [2.45, 2.75) is 20.5 Å². The maximum absolute atomic E-state index is 13.2. The van der Waals surface area contributed by atoms with Gasteiger partial charge in [0.25, 0.3) is 11.8 Å². The first-order valence-electron chi connectivity index (χ1n) is 11.4. The first-order chi connectivity index (χ1) is 17.4. The fourth-order valence-corrected chi connectivity index (χ4v) is 3.64. The molecule has 0 aliphatic carbocycles.